The second-order valence-corrected chi connectivity index (χ2v) is 20.5. The van der Waals surface area contributed by atoms with Gasteiger partial charge in [0.05, 0.1) is 87.4 Å². The molecule has 4 amide bonds. The van der Waals surface area contributed by atoms with Crippen LogP contribution in [0.25, 0.3) is 6.08 Å². The van der Waals surface area contributed by atoms with E-state index < -0.39 is 81.8 Å². The van der Waals surface area contributed by atoms with Crippen LogP contribution in [0.1, 0.15) is 73.2 Å². The van der Waals surface area contributed by atoms with Crippen LogP contribution in [0.5, 0.6) is 11.5 Å². The molecule has 26 heteroatoms. The summed E-state index contributed by atoms with van der Waals surface area (Å²) in [4.78, 5) is 79.3. The standard InChI is InChI=1S/C47H59BF2N8O14S/c1-30-24-34(54-37(30)27-39-33(14-11-22-58(4,5)6)25-38(55(39)48(54,49)50)32-12-9-8-10-13-32)15-16-43(59)52-36(29-73(66,67)68)46(62)51-19-20-53(3)21-23-70-42-28-40(57(64)65)35(26-41(42)69-7)31(2)71-47(63)72-56-44(60)17-18-45(56)61/h8-10,12-13,24-28,31,36H,11,14-23,29H2,1-7H3,(H2-,51,52,59,62,66,67,68)/p+1. The van der Waals surface area contributed by atoms with Crippen molar-refractivity contribution in [1.82, 2.24) is 20.2 Å². The van der Waals surface area contributed by atoms with Crippen molar-refractivity contribution in [2.24, 2.45) is 0 Å². The number of rotatable bonds is 24. The average molecular weight is 1040 g/mol. The molecule has 6 rings (SSSR count). The van der Waals surface area contributed by atoms with Crippen LogP contribution in [0.15, 0.2) is 65.9 Å². The Morgan fingerprint density at radius 3 is 2.33 bits per heavy atom. The van der Waals surface area contributed by atoms with Crippen LogP contribution in [0, 0.1) is 17.0 Å². The van der Waals surface area contributed by atoms with E-state index in [1.807, 2.05) is 6.08 Å². The van der Waals surface area contributed by atoms with E-state index in [1.165, 1.54) is 20.1 Å². The van der Waals surface area contributed by atoms with Gasteiger partial charge in [-0.3, -0.25) is 34.1 Å². The Morgan fingerprint density at radius 1 is 1.01 bits per heavy atom. The Labute approximate surface area is 420 Å². The third-order valence-corrected chi connectivity index (χ3v) is 13.2. The number of quaternary nitrogens is 2. The third-order valence-electron chi connectivity index (χ3n) is 12.4. The molecule has 1 saturated heterocycles. The normalized spacial score (nSPS) is 16.4. The van der Waals surface area contributed by atoms with Gasteiger partial charge in [0, 0.05) is 54.7 Å². The van der Waals surface area contributed by atoms with Crippen molar-refractivity contribution < 1.29 is 83.4 Å². The second-order valence-electron chi connectivity index (χ2n) is 19.0. The largest absolute Gasteiger partial charge is 0.748 e. The number of methoxy groups -OCH3 is 1. The molecule has 2 aromatic carbocycles. The van der Waals surface area contributed by atoms with Crippen molar-refractivity contribution in [2.75, 3.05) is 73.8 Å². The molecule has 22 nitrogen and oxygen atoms in total. The van der Waals surface area contributed by atoms with Crippen LogP contribution < -0.4 is 25.0 Å². The Hall–Kier alpha value is -7.03. The highest BCUT2D eigenvalue weighted by Crippen LogP contribution is 2.41. The highest BCUT2D eigenvalue weighted by molar-refractivity contribution is 7.85. The number of hydrogen-bond acceptors (Lipinski definition) is 14. The first-order chi connectivity index (χ1) is 34.3. The molecule has 3 unspecified atom stereocenters. The van der Waals surface area contributed by atoms with E-state index in [2.05, 4.69) is 31.8 Å². The molecular formula is C47H60BF2N8O14S+. The lowest BCUT2D eigenvalue weighted by molar-refractivity contribution is -0.878. The van der Waals surface area contributed by atoms with E-state index in [-0.39, 0.29) is 73.3 Å². The predicted octanol–water partition coefficient (Wildman–Crippen LogP) is 2.17. The molecule has 0 radical (unpaired) electrons. The maximum absolute atomic E-state index is 17.1. The first-order valence-corrected chi connectivity index (χ1v) is 25.1. The molecule has 0 bridgehead atoms. The smallest absolute Gasteiger partial charge is 0.737 e. The van der Waals surface area contributed by atoms with Gasteiger partial charge in [0.2, 0.25) is 11.8 Å². The van der Waals surface area contributed by atoms with Gasteiger partial charge < -0.3 is 56.4 Å². The zero-order chi connectivity index (χ0) is 53.6. The number of carbonyl (C=O) groups is 5. The number of imide groups is 1. The number of allylic oxidation sites excluding steroid dienone is 2. The molecule has 3 aromatic rings. The minimum Gasteiger partial charge on any atom is -0.748 e. The number of nitro benzene ring substituents is 1. The van der Waals surface area contributed by atoms with E-state index >= 15 is 8.63 Å². The zero-order valence-electron chi connectivity index (χ0n) is 41.6. The summed E-state index contributed by atoms with van der Waals surface area (Å²) in [6, 6.07) is 11.0. The maximum Gasteiger partial charge on any atom is 0.737 e. The molecule has 4 heterocycles. The van der Waals surface area contributed by atoms with E-state index in [4.69, 9.17) is 19.0 Å². The molecule has 394 valence electrons. The number of carbonyl (C=O) groups excluding carboxylic acids is 5. The Bertz CT molecular complexity index is 2850. The summed E-state index contributed by atoms with van der Waals surface area (Å²) in [6.07, 6.45) is 1.24. The Kier molecular flexibility index (Phi) is 17.3. The average Bonchev–Trinajstić information content (AvgIpc) is 3.96. The molecule has 0 spiro atoms. The van der Waals surface area contributed by atoms with Crippen molar-refractivity contribution in [2.45, 2.75) is 64.5 Å². The number of benzene rings is 2. The number of likely N-dealkylation sites (N-methyl/N-ethyl adjacent to an activating group) is 1. The van der Waals surface area contributed by atoms with Crippen molar-refractivity contribution in [3.8, 4) is 11.5 Å². The number of aryl methyl sites for hydroxylation is 2. The van der Waals surface area contributed by atoms with Crippen molar-refractivity contribution in [3.63, 3.8) is 0 Å². The lowest BCUT2D eigenvalue weighted by Crippen LogP contribution is -3.10. The number of hydroxylamine groups is 2. The summed E-state index contributed by atoms with van der Waals surface area (Å²) >= 11 is 0. The van der Waals surface area contributed by atoms with Crippen molar-refractivity contribution in [1.29, 1.82) is 0 Å². The fraction of sp³-hybridized carbons (Fsp3) is 0.447. The molecule has 1 aromatic heterocycles. The summed E-state index contributed by atoms with van der Waals surface area (Å²) in [7, 11) is 4.16. The number of amides is 4. The third kappa shape index (κ3) is 13.7. The van der Waals surface area contributed by atoms with Gasteiger partial charge in [0.25, 0.3) is 17.5 Å². The minimum absolute atomic E-state index is 0.0318. The van der Waals surface area contributed by atoms with E-state index in [0.29, 0.717) is 34.7 Å². The quantitative estimate of drug-likeness (QED) is 0.0221. The molecule has 3 N–H and O–H groups in total. The number of aromatic nitrogens is 1. The summed E-state index contributed by atoms with van der Waals surface area (Å²) in [6.45, 7) is -0.277. The van der Waals surface area contributed by atoms with Gasteiger partial charge in [-0.05, 0) is 62.2 Å². The van der Waals surface area contributed by atoms with Crippen LogP contribution in [0.3, 0.4) is 0 Å². The van der Waals surface area contributed by atoms with Gasteiger partial charge in [-0.2, -0.15) is 0 Å². The molecule has 0 saturated carbocycles. The number of halogens is 2. The molecule has 3 aliphatic heterocycles. The predicted molar refractivity (Wildman–Crippen MR) is 258 cm³/mol. The lowest BCUT2D eigenvalue weighted by atomic mass is 9.88. The van der Waals surface area contributed by atoms with Crippen LogP contribution in [-0.4, -0.2) is 159 Å². The summed E-state index contributed by atoms with van der Waals surface area (Å²) < 4.78 is 88.9. The fourth-order valence-electron chi connectivity index (χ4n) is 8.75. The van der Waals surface area contributed by atoms with Crippen molar-refractivity contribution in [3.05, 3.63) is 104 Å². The summed E-state index contributed by atoms with van der Waals surface area (Å²) in [5.74, 6) is -4.59. The van der Waals surface area contributed by atoms with Crippen molar-refractivity contribution >= 4 is 64.3 Å². The molecule has 73 heavy (non-hydrogen) atoms. The number of nitrogens with zero attached hydrogens (tertiary/aromatic N) is 5. The molecule has 1 fully saturated rings. The second kappa shape index (κ2) is 22.8. The Morgan fingerprint density at radius 2 is 1.70 bits per heavy atom. The zero-order valence-corrected chi connectivity index (χ0v) is 42.4. The van der Waals surface area contributed by atoms with Gasteiger partial charge in [0.15, 0.2) is 22.9 Å². The van der Waals surface area contributed by atoms with Crippen LogP contribution in [0.4, 0.5) is 19.1 Å². The minimum atomic E-state index is -5.05. The van der Waals surface area contributed by atoms with Crippen LogP contribution >= 0.6 is 0 Å². The van der Waals surface area contributed by atoms with Gasteiger partial charge in [-0.1, -0.05) is 23.3 Å². The molecule has 3 atom stereocenters. The molecule has 0 aliphatic carbocycles. The number of nitrogens with one attached hydrogen (secondary N) is 3. The SMILES string of the molecule is COc1cc(C(C)OC(=O)ON2C(=O)CCC2=O)c([N+](=O)[O-])cc1OCC[NH+](C)CCNC(=O)C(CS(=O)(=O)[O-])NC(=O)CCc1cc(C)c2n1[B-](F)(F)[N+]1=C(c3ccccc3)C=C(CCC[N+](C)(C)C)C1=C2. The van der Waals surface area contributed by atoms with Gasteiger partial charge in [-0.15, -0.1) is 0 Å². The number of nitro groups is 1. The van der Waals surface area contributed by atoms with Crippen LogP contribution in [0.2, 0.25) is 0 Å². The van der Waals surface area contributed by atoms with E-state index in [0.717, 1.165) is 43.0 Å². The Balaban J connectivity index is 1.04. The lowest BCUT2D eigenvalue weighted by Gasteiger charge is -2.32. The van der Waals surface area contributed by atoms with E-state index in [9.17, 15) is 47.1 Å². The number of fused-ring (bicyclic) bond motifs is 2. The molecular weight excluding hydrogens is 981 g/mol. The topological polar surface area (TPSA) is 262 Å². The van der Waals surface area contributed by atoms with Gasteiger partial charge in [0.1, 0.15) is 25.3 Å². The highest BCUT2D eigenvalue weighted by atomic mass is 32.2. The first-order valence-electron chi connectivity index (χ1n) is 23.5. The van der Waals surface area contributed by atoms with Gasteiger partial charge in [-0.25, -0.2) is 13.2 Å². The summed E-state index contributed by atoms with van der Waals surface area (Å²) in [5.41, 5.74) is 2.54. The number of ether oxygens (including phenoxy) is 3. The summed E-state index contributed by atoms with van der Waals surface area (Å²) in [5, 5.41) is 17.1. The van der Waals surface area contributed by atoms with Gasteiger partial charge >= 0.3 is 13.1 Å². The van der Waals surface area contributed by atoms with E-state index in [1.54, 1.807) is 56.4 Å². The first kappa shape index (κ1) is 55.3. The molecule has 3 aliphatic rings. The highest BCUT2D eigenvalue weighted by Gasteiger charge is 2.54. The monoisotopic (exact) mass is 1040 g/mol. The number of hydrogen-bond donors (Lipinski definition) is 3. The maximum atomic E-state index is 17.1. The van der Waals surface area contributed by atoms with Crippen LogP contribution in [-0.2, 0) is 45.3 Å². The fourth-order valence-corrected chi connectivity index (χ4v) is 9.39.